The Balaban J connectivity index is 1.58. The van der Waals surface area contributed by atoms with Gasteiger partial charge in [-0.2, -0.15) is 11.3 Å². The quantitative estimate of drug-likeness (QED) is 0.325. The predicted molar refractivity (Wildman–Crippen MR) is 143 cm³/mol. The number of thiophene rings is 1. The van der Waals surface area contributed by atoms with E-state index >= 15 is 0 Å². The zero-order valence-electron chi connectivity index (χ0n) is 20.3. The Hall–Kier alpha value is -2.87. The molecule has 0 fully saturated rings. The summed E-state index contributed by atoms with van der Waals surface area (Å²) in [5.41, 5.74) is 5.09. The minimum Gasteiger partial charge on any atom is -0.366 e. The van der Waals surface area contributed by atoms with Crippen LogP contribution in [-0.4, -0.2) is 23.0 Å². The molecule has 0 aliphatic heterocycles. The number of rotatable bonds is 10. The summed E-state index contributed by atoms with van der Waals surface area (Å²) in [6.45, 7) is 12.2. The minimum absolute atomic E-state index is 0.0408. The van der Waals surface area contributed by atoms with E-state index in [0.717, 1.165) is 38.4 Å². The van der Waals surface area contributed by atoms with E-state index in [9.17, 15) is 0 Å². The number of anilines is 1. The largest absolute Gasteiger partial charge is 0.366 e. The highest BCUT2D eigenvalue weighted by molar-refractivity contribution is 7.08. The Morgan fingerprint density at radius 1 is 1.09 bits per heavy atom. The second-order valence-electron chi connectivity index (χ2n) is 9.27. The van der Waals surface area contributed by atoms with Crippen molar-refractivity contribution in [3.05, 3.63) is 82.7 Å². The number of aromatic nitrogens is 1. The molecular formula is C29H35N3S. The maximum absolute atomic E-state index is 4.53. The molecule has 0 atom stereocenters. The third-order valence-electron chi connectivity index (χ3n) is 5.04. The fourth-order valence-corrected chi connectivity index (χ4v) is 4.14. The third-order valence-corrected chi connectivity index (χ3v) is 5.72. The van der Waals surface area contributed by atoms with Crippen LogP contribution >= 0.6 is 11.3 Å². The van der Waals surface area contributed by atoms with Gasteiger partial charge in [-0.3, -0.25) is 4.90 Å². The molecule has 0 saturated carbocycles. The van der Waals surface area contributed by atoms with Gasteiger partial charge in [0.25, 0.3) is 0 Å². The van der Waals surface area contributed by atoms with Crippen molar-refractivity contribution < 1.29 is 0 Å². The molecule has 172 valence electrons. The summed E-state index contributed by atoms with van der Waals surface area (Å²) >= 11 is 1.73. The number of hydrogen-bond donors (Lipinski definition) is 1. The first-order valence-electron chi connectivity index (χ1n) is 11.6. The molecule has 3 rings (SSSR count). The SMILES string of the molecule is CCCN(C/C=C/C#CC(C)(C)C)Cc1ccnc(NCc2cccc(-c3ccsc3)c2)c1. The van der Waals surface area contributed by atoms with Gasteiger partial charge in [-0.15, -0.1) is 0 Å². The highest BCUT2D eigenvalue weighted by atomic mass is 32.1. The van der Waals surface area contributed by atoms with Crippen LogP contribution in [-0.2, 0) is 13.1 Å². The molecule has 0 aliphatic carbocycles. The Labute approximate surface area is 203 Å². The number of hydrogen-bond acceptors (Lipinski definition) is 4. The Kier molecular flexibility index (Phi) is 9.30. The van der Waals surface area contributed by atoms with Crippen LogP contribution in [0.5, 0.6) is 0 Å². The van der Waals surface area contributed by atoms with Gasteiger partial charge in [-0.25, -0.2) is 4.98 Å². The molecule has 33 heavy (non-hydrogen) atoms. The van der Waals surface area contributed by atoms with E-state index in [1.165, 1.54) is 22.3 Å². The van der Waals surface area contributed by atoms with Gasteiger partial charge in [-0.1, -0.05) is 43.0 Å². The second kappa shape index (κ2) is 12.4. The Morgan fingerprint density at radius 2 is 1.97 bits per heavy atom. The molecule has 1 aromatic carbocycles. The van der Waals surface area contributed by atoms with Gasteiger partial charge in [0, 0.05) is 31.2 Å². The average molecular weight is 458 g/mol. The van der Waals surface area contributed by atoms with Crippen LogP contribution in [0.4, 0.5) is 5.82 Å². The molecule has 0 radical (unpaired) electrons. The predicted octanol–water partition coefficient (Wildman–Crippen LogP) is 7.24. The standard InChI is InChI=1S/C29H35N3S/c1-5-16-32(17-8-6-7-14-29(2,3)4)22-25-12-15-30-28(20-25)31-21-24-10-9-11-26(19-24)27-13-18-33-23-27/h6,8-13,15,18-20,23H,5,16-17,21-22H2,1-4H3,(H,30,31)/b8-6+. The van der Waals surface area contributed by atoms with E-state index in [1.807, 2.05) is 12.3 Å². The number of allylic oxidation sites excluding steroid dienone is 1. The highest BCUT2D eigenvalue weighted by Crippen LogP contribution is 2.23. The molecule has 2 heterocycles. The van der Waals surface area contributed by atoms with Crippen LogP contribution < -0.4 is 5.32 Å². The van der Waals surface area contributed by atoms with E-state index in [0.29, 0.717) is 0 Å². The lowest BCUT2D eigenvalue weighted by Gasteiger charge is -2.20. The summed E-state index contributed by atoms with van der Waals surface area (Å²) in [7, 11) is 0. The Morgan fingerprint density at radius 3 is 2.73 bits per heavy atom. The number of benzene rings is 1. The number of nitrogens with one attached hydrogen (secondary N) is 1. The summed E-state index contributed by atoms with van der Waals surface area (Å²) in [4.78, 5) is 6.97. The molecule has 1 N–H and O–H groups in total. The molecule has 0 amide bonds. The van der Waals surface area contributed by atoms with Crippen LogP contribution in [0, 0.1) is 17.3 Å². The first-order chi connectivity index (χ1) is 15.9. The van der Waals surface area contributed by atoms with Crippen LogP contribution in [0.1, 0.15) is 45.2 Å². The van der Waals surface area contributed by atoms with Gasteiger partial charge < -0.3 is 5.32 Å². The Bertz CT molecular complexity index is 1080. The summed E-state index contributed by atoms with van der Waals surface area (Å²) < 4.78 is 0. The minimum atomic E-state index is 0.0408. The van der Waals surface area contributed by atoms with Crippen molar-refractivity contribution in [2.75, 3.05) is 18.4 Å². The van der Waals surface area contributed by atoms with Crippen molar-refractivity contribution in [3.63, 3.8) is 0 Å². The van der Waals surface area contributed by atoms with Crippen molar-refractivity contribution in [1.82, 2.24) is 9.88 Å². The van der Waals surface area contributed by atoms with Gasteiger partial charge in [-0.05, 0) is 97.1 Å². The number of pyridine rings is 1. The molecule has 0 aliphatic rings. The van der Waals surface area contributed by atoms with E-state index in [4.69, 9.17) is 0 Å². The zero-order chi connectivity index (χ0) is 23.5. The highest BCUT2D eigenvalue weighted by Gasteiger charge is 2.06. The fraction of sp³-hybridized carbons (Fsp3) is 0.345. The molecule has 0 spiro atoms. The molecule has 3 nitrogen and oxygen atoms in total. The molecule has 0 unspecified atom stereocenters. The molecule has 3 aromatic rings. The van der Waals surface area contributed by atoms with Crippen molar-refractivity contribution in [1.29, 1.82) is 0 Å². The lowest BCUT2D eigenvalue weighted by Crippen LogP contribution is -2.24. The molecule has 4 heteroatoms. The van der Waals surface area contributed by atoms with Crippen LogP contribution in [0.2, 0.25) is 0 Å². The topological polar surface area (TPSA) is 28.2 Å². The summed E-state index contributed by atoms with van der Waals surface area (Å²) in [6.07, 6.45) is 7.17. The van der Waals surface area contributed by atoms with Gasteiger partial charge in [0.1, 0.15) is 5.82 Å². The smallest absolute Gasteiger partial charge is 0.126 e. The van der Waals surface area contributed by atoms with Crippen molar-refractivity contribution >= 4 is 17.2 Å². The maximum atomic E-state index is 4.53. The first kappa shape index (κ1) is 24.8. The summed E-state index contributed by atoms with van der Waals surface area (Å²) in [5, 5.41) is 7.80. The van der Waals surface area contributed by atoms with E-state index in [-0.39, 0.29) is 5.41 Å². The summed E-state index contributed by atoms with van der Waals surface area (Å²) in [5.74, 6) is 7.33. The van der Waals surface area contributed by atoms with Gasteiger partial charge in [0.2, 0.25) is 0 Å². The van der Waals surface area contributed by atoms with E-state index < -0.39 is 0 Å². The van der Waals surface area contributed by atoms with Gasteiger partial charge in [0.05, 0.1) is 0 Å². The maximum Gasteiger partial charge on any atom is 0.126 e. The second-order valence-corrected chi connectivity index (χ2v) is 10.1. The molecule has 0 bridgehead atoms. The zero-order valence-corrected chi connectivity index (χ0v) is 21.1. The van der Waals surface area contributed by atoms with Crippen molar-refractivity contribution in [2.45, 2.75) is 47.2 Å². The van der Waals surface area contributed by atoms with Crippen molar-refractivity contribution in [3.8, 4) is 23.0 Å². The average Bonchev–Trinajstić information content (AvgIpc) is 3.32. The third kappa shape index (κ3) is 8.88. The van der Waals surface area contributed by atoms with Crippen LogP contribution in [0.25, 0.3) is 11.1 Å². The lowest BCUT2D eigenvalue weighted by molar-refractivity contribution is 0.295. The van der Waals surface area contributed by atoms with E-state index in [2.05, 4.69) is 114 Å². The van der Waals surface area contributed by atoms with Gasteiger partial charge >= 0.3 is 0 Å². The first-order valence-corrected chi connectivity index (χ1v) is 12.6. The monoisotopic (exact) mass is 457 g/mol. The molecule has 0 saturated heterocycles. The van der Waals surface area contributed by atoms with Crippen LogP contribution in [0.3, 0.4) is 0 Å². The fourth-order valence-electron chi connectivity index (χ4n) is 3.48. The van der Waals surface area contributed by atoms with Crippen LogP contribution in [0.15, 0.2) is 71.6 Å². The molecular weight excluding hydrogens is 422 g/mol. The lowest BCUT2D eigenvalue weighted by atomic mass is 9.98. The summed E-state index contributed by atoms with van der Waals surface area (Å²) in [6, 6.07) is 15.1. The van der Waals surface area contributed by atoms with E-state index in [1.54, 1.807) is 11.3 Å². The van der Waals surface area contributed by atoms with Crippen molar-refractivity contribution in [2.24, 2.45) is 5.41 Å². The molecule has 2 aromatic heterocycles. The normalized spacial score (nSPS) is 11.5. The van der Waals surface area contributed by atoms with Gasteiger partial charge in [0.15, 0.2) is 0 Å². The number of nitrogens with zero attached hydrogens (tertiary/aromatic N) is 2.